The highest BCUT2D eigenvalue weighted by atomic mass is 16.3. The summed E-state index contributed by atoms with van der Waals surface area (Å²) < 4.78 is 21.2. The Kier molecular flexibility index (Phi) is 6.30. The Balaban J connectivity index is 0.955. The van der Waals surface area contributed by atoms with Crippen LogP contribution in [0.25, 0.3) is 148 Å². The van der Waals surface area contributed by atoms with Crippen molar-refractivity contribution in [3.63, 3.8) is 0 Å². The topological polar surface area (TPSA) is 43.3 Å². The quantitative estimate of drug-likeness (QED) is 0.174. The van der Waals surface area contributed by atoms with Gasteiger partial charge in [-0.2, -0.15) is 0 Å². The van der Waals surface area contributed by atoms with E-state index in [1.165, 1.54) is 104 Å². The van der Waals surface area contributed by atoms with Crippen molar-refractivity contribution in [1.82, 2.24) is 13.4 Å². The molecule has 19 rings (SSSR count). The van der Waals surface area contributed by atoms with Gasteiger partial charge in [0, 0.05) is 81.3 Å². The van der Waals surface area contributed by atoms with Crippen LogP contribution in [-0.2, 0) is 0 Å². The van der Waals surface area contributed by atoms with Crippen LogP contribution in [0.5, 0.6) is 0 Å². The Morgan fingerprint density at radius 2 is 0.861 bits per heavy atom. The van der Waals surface area contributed by atoms with Crippen molar-refractivity contribution in [2.24, 2.45) is 0 Å². The lowest BCUT2D eigenvalue weighted by molar-refractivity contribution is 0.663. The van der Waals surface area contributed by atoms with E-state index in [1.54, 1.807) is 0 Å². The number of nitrogens with zero attached hydrogens (tertiary/aromatic N) is 4. The van der Waals surface area contributed by atoms with Gasteiger partial charge in [-0.15, -0.1) is 0 Å². The minimum Gasteiger partial charge on any atom is -0.454 e. The van der Waals surface area contributed by atoms with E-state index in [-0.39, 0.29) is 12.0 Å². The molecule has 2 unspecified atom stereocenters. The lowest BCUT2D eigenvalue weighted by Gasteiger charge is -2.29. The van der Waals surface area contributed by atoms with Gasteiger partial charge in [0.2, 0.25) is 0 Å². The van der Waals surface area contributed by atoms with Gasteiger partial charge in [-0.05, 0) is 72.3 Å². The maximum absolute atomic E-state index is 6.81. The molecular weight excluding hydrogens is 881 g/mol. The van der Waals surface area contributed by atoms with E-state index < -0.39 is 0 Å². The molecule has 0 saturated heterocycles. The van der Waals surface area contributed by atoms with Crippen molar-refractivity contribution in [3.8, 4) is 5.69 Å². The molecule has 6 nitrogen and oxygen atoms in total. The minimum absolute atomic E-state index is 0.0859. The van der Waals surface area contributed by atoms with Crippen LogP contribution in [0.4, 0.5) is 11.4 Å². The maximum Gasteiger partial charge on any atom is 0.159 e. The average molecular weight is 917 g/mol. The third kappa shape index (κ3) is 4.10. The highest BCUT2D eigenvalue weighted by molar-refractivity contribution is 6.36. The summed E-state index contributed by atoms with van der Waals surface area (Å²) in [6.07, 6.45) is 9.25. The van der Waals surface area contributed by atoms with E-state index in [2.05, 4.69) is 225 Å². The maximum atomic E-state index is 6.81. The van der Waals surface area contributed by atoms with Crippen LogP contribution in [0.15, 0.2) is 215 Å². The molecule has 0 saturated carbocycles. The molecule has 0 bridgehead atoms. The number of aromatic nitrogens is 3. The molecule has 2 atom stereocenters. The van der Waals surface area contributed by atoms with Crippen LogP contribution in [0.1, 0.15) is 11.5 Å². The Labute approximate surface area is 407 Å². The predicted molar refractivity (Wildman–Crippen MR) is 298 cm³/mol. The first-order valence-electron chi connectivity index (χ1n) is 25.0. The summed E-state index contributed by atoms with van der Waals surface area (Å²) in [5.74, 6) is 0.154. The van der Waals surface area contributed by atoms with Crippen molar-refractivity contribution in [2.45, 2.75) is 12.0 Å². The molecule has 0 amide bonds. The van der Waals surface area contributed by atoms with Gasteiger partial charge in [-0.25, -0.2) is 0 Å². The standard InChI is InChI=1S/C66H36N4O2/c1-7-23-49-35(15-1)45-31-47-43-33-56-44(34-55(43)69-51-25-9-3-19-41(51)59(63(47)69)61(45)67(49)53-27-13-21-39-37-17-5-11-29-57(37)71-65(39)53)48-32-46-36-16-2-8-24-50(36)68(62(46)60-42-20-4-10-26-52(42)70(56)64(48)60)54-28-14-22-40-38-18-6-12-30-58(38)72-66(40)54/h1-35,49H. The lowest BCUT2D eigenvalue weighted by Crippen LogP contribution is -2.28. The second kappa shape index (κ2) is 12.4. The zero-order chi connectivity index (χ0) is 46.2. The molecule has 0 radical (unpaired) electrons. The normalized spacial score (nSPS) is 16.2. The third-order valence-electron chi connectivity index (χ3n) is 17.0. The van der Waals surface area contributed by atoms with Gasteiger partial charge in [0.25, 0.3) is 0 Å². The highest BCUT2D eigenvalue weighted by Gasteiger charge is 2.42. The van der Waals surface area contributed by atoms with Gasteiger partial charge in [0.15, 0.2) is 11.2 Å². The monoisotopic (exact) mass is 916 g/mol. The highest BCUT2D eigenvalue weighted by Crippen LogP contribution is 2.57. The molecule has 332 valence electrons. The molecule has 6 heteroatoms. The molecule has 7 aromatic heterocycles. The summed E-state index contributed by atoms with van der Waals surface area (Å²) in [6, 6.07) is 67.2. The molecule has 10 aromatic carbocycles. The zero-order valence-electron chi connectivity index (χ0n) is 38.4. The van der Waals surface area contributed by atoms with Gasteiger partial charge in [-0.3, -0.25) is 0 Å². The first-order chi connectivity index (χ1) is 35.8. The van der Waals surface area contributed by atoms with E-state index in [4.69, 9.17) is 8.83 Å². The fourth-order valence-corrected chi connectivity index (χ4v) is 14.2. The Morgan fingerprint density at radius 1 is 0.347 bits per heavy atom. The number of para-hydroxylation sites is 7. The third-order valence-corrected chi connectivity index (χ3v) is 17.0. The first-order valence-corrected chi connectivity index (χ1v) is 25.0. The second-order valence-electron chi connectivity index (χ2n) is 20.2. The van der Waals surface area contributed by atoms with E-state index >= 15 is 0 Å². The van der Waals surface area contributed by atoms with Crippen LogP contribution in [0.3, 0.4) is 0 Å². The number of rotatable bonds is 2. The van der Waals surface area contributed by atoms with Crippen LogP contribution in [0.2, 0.25) is 0 Å². The number of allylic oxidation sites excluding steroid dienone is 2. The number of hydrogen-bond donors (Lipinski definition) is 0. The molecule has 17 aromatic rings. The fraction of sp³-hybridized carbons (Fsp3) is 0.0303. The van der Waals surface area contributed by atoms with Crippen LogP contribution >= 0.6 is 0 Å². The largest absolute Gasteiger partial charge is 0.454 e. The molecule has 2 aliphatic rings. The fourth-order valence-electron chi connectivity index (χ4n) is 14.2. The molecule has 0 spiro atoms. The summed E-state index contributed by atoms with van der Waals surface area (Å²) in [7, 11) is 0. The lowest BCUT2D eigenvalue weighted by atomic mass is 9.90. The summed E-state index contributed by atoms with van der Waals surface area (Å²) in [5.41, 5.74) is 18.1. The number of fused-ring (bicyclic) bond motifs is 26. The second-order valence-corrected chi connectivity index (χ2v) is 20.2. The van der Waals surface area contributed by atoms with Crippen LogP contribution in [0, 0.1) is 0 Å². The zero-order valence-corrected chi connectivity index (χ0v) is 38.4. The molecule has 72 heavy (non-hydrogen) atoms. The van der Waals surface area contributed by atoms with Crippen molar-refractivity contribution < 1.29 is 8.83 Å². The van der Waals surface area contributed by atoms with Crippen LogP contribution < -0.4 is 4.90 Å². The first kappa shape index (κ1) is 36.5. The van der Waals surface area contributed by atoms with Gasteiger partial charge in [-0.1, -0.05) is 140 Å². The SMILES string of the molecule is C1=CC2c3cc4c5cc6c(cc5n5c7ccccc7c(c3N(c3cccc7c3oc3ccccc37)C2C=C1)c45)c1cc2c3ccccc3n(-c3cccc4c3oc3ccccc34)c2c2c3ccccc3n6c12. The number of anilines is 2. The van der Waals surface area contributed by atoms with Crippen molar-refractivity contribution in [3.05, 3.63) is 212 Å². The molecular formula is C66H36N4O2. The molecule has 8 heterocycles. The van der Waals surface area contributed by atoms with E-state index in [9.17, 15) is 0 Å². The summed E-state index contributed by atoms with van der Waals surface area (Å²) in [4.78, 5) is 2.60. The summed E-state index contributed by atoms with van der Waals surface area (Å²) in [6.45, 7) is 0. The van der Waals surface area contributed by atoms with Crippen molar-refractivity contribution in [1.29, 1.82) is 0 Å². The number of furan rings is 2. The van der Waals surface area contributed by atoms with Gasteiger partial charge >= 0.3 is 0 Å². The Hall–Kier alpha value is -9.52. The van der Waals surface area contributed by atoms with Crippen molar-refractivity contribution in [2.75, 3.05) is 4.90 Å². The Bertz CT molecular complexity index is 5380. The number of benzene rings is 10. The summed E-state index contributed by atoms with van der Waals surface area (Å²) in [5, 5.41) is 17.1. The van der Waals surface area contributed by atoms with Crippen molar-refractivity contribution >= 4 is 153 Å². The molecule has 1 aliphatic carbocycles. The molecule has 0 fully saturated rings. The minimum atomic E-state index is 0.0859. The van der Waals surface area contributed by atoms with Gasteiger partial charge in [0.05, 0.1) is 67.2 Å². The number of hydrogen-bond acceptors (Lipinski definition) is 3. The smallest absolute Gasteiger partial charge is 0.159 e. The summed E-state index contributed by atoms with van der Waals surface area (Å²) >= 11 is 0. The average Bonchev–Trinajstić information content (AvgIpc) is 4.33. The van der Waals surface area contributed by atoms with E-state index in [0.717, 1.165) is 60.8 Å². The molecule has 1 aliphatic heterocycles. The van der Waals surface area contributed by atoms with Crippen LogP contribution in [-0.4, -0.2) is 19.4 Å². The van der Waals surface area contributed by atoms with Gasteiger partial charge in [0.1, 0.15) is 11.2 Å². The Morgan fingerprint density at radius 3 is 1.56 bits per heavy atom. The molecule has 0 N–H and O–H groups in total. The van der Waals surface area contributed by atoms with E-state index in [0.29, 0.717) is 0 Å². The van der Waals surface area contributed by atoms with E-state index in [1.807, 2.05) is 0 Å². The van der Waals surface area contributed by atoms with Gasteiger partial charge < -0.3 is 27.1 Å². The predicted octanol–water partition coefficient (Wildman–Crippen LogP) is 17.6.